The highest BCUT2D eigenvalue weighted by Gasteiger charge is 2.30. The summed E-state index contributed by atoms with van der Waals surface area (Å²) in [6.45, 7) is 0. The number of hydrogen-bond donors (Lipinski definition) is 1. The van der Waals surface area contributed by atoms with Crippen molar-refractivity contribution >= 4 is 5.69 Å². The van der Waals surface area contributed by atoms with Crippen LogP contribution in [0.25, 0.3) is 11.1 Å². The number of phenols is 1. The molecular weight excluding hydrogens is 275 g/mol. The molecule has 7 heteroatoms. The first kappa shape index (κ1) is 13.9. The third-order valence-electron chi connectivity index (χ3n) is 2.69. The zero-order valence-electron chi connectivity index (χ0n) is 9.89. The summed E-state index contributed by atoms with van der Waals surface area (Å²) in [4.78, 5) is 9.98. The maximum atomic E-state index is 12.6. The molecule has 0 saturated heterocycles. The van der Waals surface area contributed by atoms with Gasteiger partial charge in [0.2, 0.25) is 0 Å². The first-order valence-electron chi connectivity index (χ1n) is 5.44. The Morgan fingerprint density at radius 3 is 2.40 bits per heavy atom. The molecule has 0 saturated carbocycles. The van der Waals surface area contributed by atoms with E-state index in [-0.39, 0.29) is 22.6 Å². The average Bonchev–Trinajstić information content (AvgIpc) is 2.38. The van der Waals surface area contributed by atoms with Crippen LogP contribution in [0.15, 0.2) is 42.5 Å². The third kappa shape index (κ3) is 2.71. The number of halogens is 3. The number of aromatic hydroxyl groups is 1. The summed E-state index contributed by atoms with van der Waals surface area (Å²) in [7, 11) is 0. The predicted molar refractivity (Wildman–Crippen MR) is 65.2 cm³/mol. The minimum atomic E-state index is -4.52. The molecule has 0 fully saturated rings. The van der Waals surface area contributed by atoms with E-state index < -0.39 is 16.7 Å². The fourth-order valence-electron chi connectivity index (χ4n) is 1.73. The largest absolute Gasteiger partial charge is 0.507 e. The van der Waals surface area contributed by atoms with Gasteiger partial charge in [0.05, 0.1) is 10.5 Å². The molecule has 20 heavy (non-hydrogen) atoms. The molecule has 0 amide bonds. The van der Waals surface area contributed by atoms with E-state index in [1.807, 2.05) is 0 Å². The topological polar surface area (TPSA) is 63.4 Å². The van der Waals surface area contributed by atoms with Crippen molar-refractivity contribution in [2.24, 2.45) is 0 Å². The number of phenolic OH excluding ortho intramolecular Hbond substituents is 1. The molecule has 0 radical (unpaired) electrons. The monoisotopic (exact) mass is 283 g/mol. The van der Waals surface area contributed by atoms with E-state index in [2.05, 4.69) is 0 Å². The highest BCUT2D eigenvalue weighted by atomic mass is 19.4. The summed E-state index contributed by atoms with van der Waals surface area (Å²) in [6.07, 6.45) is -4.52. The van der Waals surface area contributed by atoms with Crippen LogP contribution in [0.4, 0.5) is 18.9 Å². The lowest BCUT2D eigenvalue weighted by atomic mass is 10.0. The third-order valence-corrected chi connectivity index (χ3v) is 2.69. The van der Waals surface area contributed by atoms with Gasteiger partial charge in [-0.25, -0.2) is 0 Å². The van der Waals surface area contributed by atoms with Gasteiger partial charge < -0.3 is 5.11 Å². The van der Waals surface area contributed by atoms with Crippen LogP contribution in [0.2, 0.25) is 0 Å². The van der Waals surface area contributed by atoms with Gasteiger partial charge in [0, 0.05) is 17.7 Å². The van der Waals surface area contributed by atoms with Gasteiger partial charge in [-0.05, 0) is 23.8 Å². The van der Waals surface area contributed by atoms with Gasteiger partial charge in [0.15, 0.2) is 0 Å². The highest BCUT2D eigenvalue weighted by Crippen LogP contribution is 2.36. The van der Waals surface area contributed by atoms with Crippen LogP contribution >= 0.6 is 0 Å². The molecule has 0 heterocycles. The molecule has 4 nitrogen and oxygen atoms in total. The Morgan fingerprint density at radius 1 is 1.10 bits per heavy atom. The van der Waals surface area contributed by atoms with Crippen LogP contribution < -0.4 is 0 Å². The molecule has 0 bridgehead atoms. The molecule has 0 atom stereocenters. The Balaban J connectivity index is 2.57. The smallest absolute Gasteiger partial charge is 0.416 e. The molecule has 1 N–H and O–H groups in total. The van der Waals surface area contributed by atoms with Crippen LogP contribution in [0.1, 0.15) is 5.56 Å². The normalized spacial score (nSPS) is 11.3. The Labute approximate surface area is 111 Å². The van der Waals surface area contributed by atoms with E-state index in [1.165, 1.54) is 12.1 Å². The maximum absolute atomic E-state index is 12.6. The van der Waals surface area contributed by atoms with Crippen LogP contribution in [0.5, 0.6) is 5.75 Å². The fraction of sp³-hybridized carbons (Fsp3) is 0.0769. The van der Waals surface area contributed by atoms with Gasteiger partial charge >= 0.3 is 6.18 Å². The SMILES string of the molecule is O=[N+]([O-])c1ccc(O)c(-c2cccc(C(F)(F)F)c2)c1. The summed E-state index contributed by atoms with van der Waals surface area (Å²) in [5.41, 5.74) is -1.16. The summed E-state index contributed by atoms with van der Waals surface area (Å²) in [6, 6.07) is 7.42. The highest BCUT2D eigenvalue weighted by molar-refractivity contribution is 5.73. The average molecular weight is 283 g/mol. The zero-order valence-corrected chi connectivity index (χ0v) is 9.89. The molecule has 0 spiro atoms. The number of alkyl halides is 3. The molecule has 0 aliphatic heterocycles. The number of nitrogens with zero attached hydrogens (tertiary/aromatic N) is 1. The van der Waals surface area contributed by atoms with Crippen molar-refractivity contribution < 1.29 is 23.2 Å². The van der Waals surface area contributed by atoms with E-state index in [9.17, 15) is 28.4 Å². The molecule has 0 aliphatic carbocycles. The van der Waals surface area contributed by atoms with Gasteiger partial charge in [-0.15, -0.1) is 0 Å². The first-order valence-corrected chi connectivity index (χ1v) is 5.44. The van der Waals surface area contributed by atoms with Gasteiger partial charge in [0.1, 0.15) is 5.75 Å². The number of benzene rings is 2. The van der Waals surface area contributed by atoms with Crippen molar-refractivity contribution in [1.82, 2.24) is 0 Å². The minimum absolute atomic E-state index is 0.0229. The van der Waals surface area contributed by atoms with Crippen LogP contribution in [-0.4, -0.2) is 10.0 Å². The van der Waals surface area contributed by atoms with Gasteiger partial charge in [-0.2, -0.15) is 13.2 Å². The first-order chi connectivity index (χ1) is 9.29. The summed E-state index contributed by atoms with van der Waals surface area (Å²) in [5.74, 6) is -0.324. The molecule has 104 valence electrons. The quantitative estimate of drug-likeness (QED) is 0.669. The molecule has 2 aromatic rings. The Kier molecular flexibility index (Phi) is 3.35. The number of nitro benzene ring substituents is 1. The van der Waals surface area contributed by atoms with E-state index in [0.717, 1.165) is 30.3 Å². The Bertz CT molecular complexity index is 668. The lowest BCUT2D eigenvalue weighted by molar-refractivity contribution is -0.384. The van der Waals surface area contributed by atoms with Crippen molar-refractivity contribution in [3.63, 3.8) is 0 Å². The van der Waals surface area contributed by atoms with Crippen LogP contribution in [0, 0.1) is 10.1 Å². The predicted octanol–water partition coefficient (Wildman–Crippen LogP) is 3.99. The Morgan fingerprint density at radius 2 is 1.80 bits per heavy atom. The van der Waals surface area contributed by atoms with E-state index in [4.69, 9.17) is 0 Å². The summed E-state index contributed by atoms with van der Waals surface area (Å²) < 4.78 is 37.9. The number of hydrogen-bond acceptors (Lipinski definition) is 3. The molecule has 2 rings (SSSR count). The minimum Gasteiger partial charge on any atom is -0.507 e. The number of rotatable bonds is 2. The lowest BCUT2D eigenvalue weighted by Gasteiger charge is -2.09. The second kappa shape index (κ2) is 4.84. The second-order valence-corrected chi connectivity index (χ2v) is 4.04. The zero-order chi connectivity index (χ0) is 14.9. The fourth-order valence-corrected chi connectivity index (χ4v) is 1.73. The maximum Gasteiger partial charge on any atom is 0.416 e. The number of non-ortho nitro benzene ring substituents is 1. The van der Waals surface area contributed by atoms with Crippen LogP contribution in [-0.2, 0) is 6.18 Å². The molecule has 0 aromatic heterocycles. The molecule has 0 aliphatic rings. The second-order valence-electron chi connectivity index (χ2n) is 4.04. The van der Waals surface area contributed by atoms with Crippen molar-refractivity contribution in [2.75, 3.05) is 0 Å². The van der Waals surface area contributed by atoms with E-state index in [0.29, 0.717) is 0 Å². The number of nitro groups is 1. The lowest BCUT2D eigenvalue weighted by Crippen LogP contribution is -2.04. The van der Waals surface area contributed by atoms with Crippen molar-refractivity contribution in [2.45, 2.75) is 6.18 Å². The van der Waals surface area contributed by atoms with Crippen molar-refractivity contribution in [3.8, 4) is 16.9 Å². The standard InChI is InChI=1S/C13H8F3NO3/c14-13(15,16)9-3-1-2-8(6-9)11-7-10(17(19)20)4-5-12(11)18/h1-7,18H. The summed E-state index contributed by atoms with van der Waals surface area (Å²) in [5, 5.41) is 20.3. The van der Waals surface area contributed by atoms with Crippen molar-refractivity contribution in [3.05, 3.63) is 58.1 Å². The van der Waals surface area contributed by atoms with E-state index in [1.54, 1.807) is 0 Å². The summed E-state index contributed by atoms with van der Waals surface area (Å²) >= 11 is 0. The van der Waals surface area contributed by atoms with E-state index >= 15 is 0 Å². The van der Waals surface area contributed by atoms with Gasteiger partial charge in [0.25, 0.3) is 5.69 Å². The molecular formula is C13H8F3NO3. The van der Waals surface area contributed by atoms with Crippen molar-refractivity contribution in [1.29, 1.82) is 0 Å². The molecule has 2 aromatic carbocycles. The van der Waals surface area contributed by atoms with Gasteiger partial charge in [-0.3, -0.25) is 10.1 Å². The van der Waals surface area contributed by atoms with Gasteiger partial charge in [-0.1, -0.05) is 12.1 Å². The Hall–Kier alpha value is -2.57. The van der Waals surface area contributed by atoms with Crippen LogP contribution in [0.3, 0.4) is 0 Å². The molecule has 0 unspecified atom stereocenters.